The van der Waals surface area contributed by atoms with Crippen molar-refractivity contribution in [1.82, 2.24) is 0 Å². The van der Waals surface area contributed by atoms with Crippen molar-refractivity contribution in [2.24, 2.45) is 0 Å². The molecular weight excluding hydrogens is 276 g/mol. The van der Waals surface area contributed by atoms with E-state index < -0.39 is 9.84 Å². The van der Waals surface area contributed by atoms with E-state index in [1.54, 1.807) is 25.1 Å². The van der Waals surface area contributed by atoms with Crippen LogP contribution in [0.3, 0.4) is 0 Å². The van der Waals surface area contributed by atoms with E-state index in [1.165, 1.54) is 0 Å². The molecule has 0 saturated heterocycles. The van der Waals surface area contributed by atoms with Crippen molar-refractivity contribution in [2.75, 3.05) is 18.1 Å². The Kier molecular flexibility index (Phi) is 5.62. The maximum absolute atomic E-state index is 11.3. The van der Waals surface area contributed by atoms with Crippen molar-refractivity contribution in [3.05, 3.63) is 28.8 Å². The van der Waals surface area contributed by atoms with Gasteiger partial charge in [0.1, 0.15) is 15.6 Å². The lowest BCUT2D eigenvalue weighted by Gasteiger charge is -2.09. The fraction of sp³-hybridized carbons (Fsp3) is 0.417. The first-order valence-electron chi connectivity index (χ1n) is 5.57. The lowest BCUT2D eigenvalue weighted by Crippen LogP contribution is -2.12. The monoisotopic (exact) mass is 290 g/mol. The predicted octanol–water partition coefficient (Wildman–Crippen LogP) is 2.36. The van der Waals surface area contributed by atoms with Gasteiger partial charge >= 0.3 is 0 Å². The number of hydrogen-bond donors (Lipinski definition) is 0. The third-order valence-electron chi connectivity index (χ3n) is 2.43. The topological polar surface area (TPSA) is 60.4 Å². The van der Waals surface area contributed by atoms with Crippen LogP contribution in [-0.2, 0) is 9.84 Å². The molecule has 0 N–H and O–H groups in total. The first-order chi connectivity index (χ1) is 8.50. The molecule has 1 aromatic carbocycles. The van der Waals surface area contributed by atoms with E-state index in [4.69, 9.17) is 16.3 Å². The Hall–Kier alpha value is -1.07. The van der Waals surface area contributed by atoms with Gasteiger partial charge in [-0.05, 0) is 18.6 Å². The zero-order valence-electron chi connectivity index (χ0n) is 10.1. The molecule has 0 aromatic heterocycles. The van der Waals surface area contributed by atoms with Crippen LogP contribution in [0.4, 0.5) is 0 Å². The molecule has 0 spiro atoms. The molecule has 0 saturated carbocycles. The molecule has 0 amide bonds. The molecule has 0 bridgehead atoms. The van der Waals surface area contributed by atoms with E-state index in [9.17, 15) is 13.2 Å². The summed E-state index contributed by atoms with van der Waals surface area (Å²) in [6, 6.07) is 4.90. The molecule has 0 unspecified atom stereocenters. The highest BCUT2D eigenvalue weighted by atomic mass is 35.5. The molecule has 0 aliphatic rings. The molecule has 0 radical (unpaired) electrons. The molecule has 1 rings (SSSR count). The zero-order valence-corrected chi connectivity index (χ0v) is 11.6. The second-order valence-electron chi connectivity index (χ2n) is 3.71. The molecule has 0 heterocycles. The number of carbonyl (C=O) groups excluding carboxylic acids is 1. The Labute approximate surface area is 112 Å². The highest BCUT2D eigenvalue weighted by Gasteiger charge is 2.09. The van der Waals surface area contributed by atoms with Gasteiger partial charge in [-0.15, -0.1) is 0 Å². The maximum Gasteiger partial charge on any atom is 0.155 e. The van der Waals surface area contributed by atoms with E-state index in [2.05, 4.69) is 0 Å². The van der Waals surface area contributed by atoms with Gasteiger partial charge in [0.05, 0.1) is 22.9 Å². The normalized spacial score (nSPS) is 11.2. The van der Waals surface area contributed by atoms with Crippen LogP contribution in [0, 0.1) is 0 Å². The number of benzene rings is 1. The van der Waals surface area contributed by atoms with Crippen LogP contribution in [0.2, 0.25) is 5.02 Å². The number of sulfone groups is 1. The van der Waals surface area contributed by atoms with Crippen molar-refractivity contribution in [3.63, 3.8) is 0 Å². The van der Waals surface area contributed by atoms with Gasteiger partial charge in [-0.1, -0.05) is 24.6 Å². The number of halogens is 1. The summed E-state index contributed by atoms with van der Waals surface area (Å²) in [5.41, 5.74) is 0.289. The van der Waals surface area contributed by atoms with Gasteiger partial charge in [-0.2, -0.15) is 0 Å². The van der Waals surface area contributed by atoms with E-state index in [0.29, 0.717) is 23.5 Å². The van der Waals surface area contributed by atoms with E-state index >= 15 is 0 Å². The minimum Gasteiger partial charge on any atom is -0.493 e. The summed E-state index contributed by atoms with van der Waals surface area (Å²) in [7, 11) is -2.97. The Balaban J connectivity index is 2.55. The minimum absolute atomic E-state index is 0.0838. The highest BCUT2D eigenvalue weighted by Crippen LogP contribution is 2.24. The summed E-state index contributed by atoms with van der Waals surface area (Å²) in [4.78, 5) is 10.8. The van der Waals surface area contributed by atoms with Crippen molar-refractivity contribution < 1.29 is 17.9 Å². The van der Waals surface area contributed by atoms with Crippen LogP contribution in [0.25, 0.3) is 0 Å². The van der Waals surface area contributed by atoms with E-state index in [0.717, 1.165) is 0 Å². The zero-order chi connectivity index (χ0) is 13.6. The summed E-state index contributed by atoms with van der Waals surface area (Å²) in [6.07, 6.45) is 1.02. The highest BCUT2D eigenvalue weighted by molar-refractivity contribution is 7.91. The van der Waals surface area contributed by atoms with Gasteiger partial charge in [-0.25, -0.2) is 8.42 Å². The molecule has 18 heavy (non-hydrogen) atoms. The summed E-state index contributed by atoms with van der Waals surface area (Å²) in [5.74, 6) is 0.593. The van der Waals surface area contributed by atoms with Gasteiger partial charge in [-0.3, -0.25) is 4.79 Å². The molecule has 0 fully saturated rings. The van der Waals surface area contributed by atoms with Gasteiger partial charge in [0.25, 0.3) is 0 Å². The number of ether oxygens (including phenoxy) is 1. The van der Waals surface area contributed by atoms with Gasteiger partial charge in [0, 0.05) is 5.75 Å². The molecule has 4 nitrogen and oxygen atoms in total. The van der Waals surface area contributed by atoms with Crippen LogP contribution >= 0.6 is 11.6 Å². The van der Waals surface area contributed by atoms with Crippen molar-refractivity contribution in [2.45, 2.75) is 13.3 Å². The maximum atomic E-state index is 11.3. The summed E-state index contributed by atoms with van der Waals surface area (Å²) in [6.45, 7) is 1.85. The molecule has 0 atom stereocenters. The molecule has 6 heteroatoms. The Bertz CT molecular complexity index is 511. The minimum atomic E-state index is -2.97. The Morgan fingerprint density at radius 1 is 1.39 bits per heavy atom. The Morgan fingerprint density at radius 2 is 2.11 bits per heavy atom. The number of carbonyl (C=O) groups is 1. The van der Waals surface area contributed by atoms with Crippen molar-refractivity contribution >= 4 is 27.7 Å². The predicted molar refractivity (Wildman–Crippen MR) is 71.3 cm³/mol. The van der Waals surface area contributed by atoms with Crippen molar-refractivity contribution in [1.29, 1.82) is 0 Å². The average molecular weight is 291 g/mol. The summed E-state index contributed by atoms with van der Waals surface area (Å²) < 4.78 is 27.9. The fourth-order valence-electron chi connectivity index (χ4n) is 1.36. The van der Waals surface area contributed by atoms with Gasteiger partial charge in [0.15, 0.2) is 6.29 Å². The SMILES string of the molecule is CCS(=O)(=O)CCCOc1cccc(Cl)c1C=O. The van der Waals surface area contributed by atoms with Crippen LogP contribution in [0.15, 0.2) is 18.2 Å². The molecule has 0 aliphatic carbocycles. The third-order valence-corrected chi connectivity index (χ3v) is 4.55. The fourth-order valence-corrected chi connectivity index (χ4v) is 2.42. The van der Waals surface area contributed by atoms with Crippen molar-refractivity contribution in [3.8, 4) is 5.75 Å². The lowest BCUT2D eigenvalue weighted by atomic mass is 10.2. The second-order valence-corrected chi connectivity index (χ2v) is 6.59. The van der Waals surface area contributed by atoms with Crippen LogP contribution in [0.5, 0.6) is 5.75 Å². The number of aldehydes is 1. The molecular formula is C12H15ClO4S. The summed E-state index contributed by atoms with van der Waals surface area (Å²) in [5, 5.41) is 0.323. The van der Waals surface area contributed by atoms with Crippen LogP contribution < -0.4 is 4.74 Å². The average Bonchev–Trinajstić information content (AvgIpc) is 2.35. The lowest BCUT2D eigenvalue weighted by molar-refractivity contribution is 0.111. The van der Waals surface area contributed by atoms with Crippen LogP contribution in [0.1, 0.15) is 23.7 Å². The standard InChI is InChI=1S/C12H15ClO4S/c1-2-18(15,16)8-4-7-17-12-6-3-5-11(13)10(12)9-14/h3,5-6,9H,2,4,7-8H2,1H3. The second kappa shape index (κ2) is 6.75. The number of rotatable bonds is 7. The van der Waals surface area contributed by atoms with Crippen LogP contribution in [-0.4, -0.2) is 32.8 Å². The largest absolute Gasteiger partial charge is 0.493 e. The molecule has 0 aliphatic heterocycles. The van der Waals surface area contributed by atoms with Gasteiger partial charge < -0.3 is 4.74 Å². The van der Waals surface area contributed by atoms with E-state index in [-0.39, 0.29) is 23.7 Å². The smallest absolute Gasteiger partial charge is 0.155 e. The quantitative estimate of drug-likeness (QED) is 0.571. The third kappa shape index (κ3) is 4.31. The first kappa shape index (κ1) is 15.0. The molecule has 1 aromatic rings. The van der Waals surface area contributed by atoms with Gasteiger partial charge in [0.2, 0.25) is 0 Å². The Morgan fingerprint density at radius 3 is 2.72 bits per heavy atom. The molecule has 100 valence electrons. The first-order valence-corrected chi connectivity index (χ1v) is 7.77. The summed E-state index contributed by atoms with van der Waals surface area (Å²) >= 11 is 5.83. The number of hydrogen-bond acceptors (Lipinski definition) is 4. The van der Waals surface area contributed by atoms with E-state index in [1.807, 2.05) is 0 Å².